The smallest absolute Gasteiger partial charge is 0.0552 e. The maximum atomic E-state index is 6.33. The van der Waals surface area contributed by atoms with E-state index in [1.54, 1.807) is 0 Å². The minimum Gasteiger partial charge on any atom is -0.320 e. The van der Waals surface area contributed by atoms with Crippen LogP contribution < -0.4 is 5.73 Å². The summed E-state index contributed by atoms with van der Waals surface area (Å²) in [6.45, 7) is 4.45. The van der Waals surface area contributed by atoms with E-state index in [9.17, 15) is 0 Å². The van der Waals surface area contributed by atoms with Crippen LogP contribution in [-0.4, -0.2) is 0 Å². The van der Waals surface area contributed by atoms with Gasteiger partial charge >= 0.3 is 0 Å². The maximum Gasteiger partial charge on any atom is 0.0552 e. The lowest BCUT2D eigenvalue weighted by Crippen LogP contribution is -2.12. The summed E-state index contributed by atoms with van der Waals surface area (Å²) >= 11 is 8.39. The molecular weight excluding hydrogens is 381 g/mol. The third-order valence-electron chi connectivity index (χ3n) is 3.78. The summed E-state index contributed by atoms with van der Waals surface area (Å²) in [7, 11) is 0. The quantitative estimate of drug-likeness (QED) is 0.674. The van der Waals surface area contributed by atoms with Gasteiger partial charge in [-0.05, 0) is 63.8 Å². The standard InChI is InChI=1S/C17H19ClIN/c1-3-11(2)12-4-6-13(7-5-12)17(20)14-8-9-16(19)15(18)10-14/h4-11,17H,3,20H2,1-2H3. The number of nitrogens with two attached hydrogens (primary N) is 1. The highest BCUT2D eigenvalue weighted by atomic mass is 127. The Morgan fingerprint density at radius 3 is 2.15 bits per heavy atom. The molecule has 2 rings (SSSR count). The Labute approximate surface area is 139 Å². The Balaban J connectivity index is 2.24. The minimum absolute atomic E-state index is 0.129. The minimum atomic E-state index is -0.129. The van der Waals surface area contributed by atoms with Crippen molar-refractivity contribution >= 4 is 34.2 Å². The predicted octanol–water partition coefficient (Wildman–Crippen LogP) is 5.51. The van der Waals surface area contributed by atoms with Gasteiger partial charge in [-0.25, -0.2) is 0 Å². The summed E-state index contributed by atoms with van der Waals surface area (Å²) in [6, 6.07) is 14.5. The van der Waals surface area contributed by atoms with Crippen LogP contribution in [0.2, 0.25) is 5.02 Å². The van der Waals surface area contributed by atoms with Crippen molar-refractivity contribution < 1.29 is 0 Å². The lowest BCUT2D eigenvalue weighted by molar-refractivity contribution is 0.732. The Kier molecular flexibility index (Phi) is 5.47. The second kappa shape index (κ2) is 6.92. The molecule has 0 amide bonds. The molecule has 1 nitrogen and oxygen atoms in total. The second-order valence-corrected chi connectivity index (χ2v) is 6.70. The van der Waals surface area contributed by atoms with E-state index in [0.717, 1.165) is 26.1 Å². The molecule has 0 aliphatic heterocycles. The van der Waals surface area contributed by atoms with Gasteiger partial charge in [0, 0.05) is 3.57 Å². The molecule has 0 aliphatic carbocycles. The number of hydrogen-bond donors (Lipinski definition) is 1. The Hall–Kier alpha value is -0.580. The molecule has 0 aromatic heterocycles. The van der Waals surface area contributed by atoms with Gasteiger partial charge in [-0.3, -0.25) is 0 Å². The van der Waals surface area contributed by atoms with Crippen LogP contribution in [-0.2, 0) is 0 Å². The summed E-state index contributed by atoms with van der Waals surface area (Å²) in [5.41, 5.74) is 9.87. The summed E-state index contributed by atoms with van der Waals surface area (Å²) in [6.07, 6.45) is 1.15. The fourth-order valence-corrected chi connectivity index (χ4v) is 2.69. The molecule has 106 valence electrons. The molecule has 0 aliphatic rings. The summed E-state index contributed by atoms with van der Waals surface area (Å²) in [5.74, 6) is 0.591. The Morgan fingerprint density at radius 2 is 1.60 bits per heavy atom. The molecule has 2 N–H and O–H groups in total. The molecule has 2 atom stereocenters. The second-order valence-electron chi connectivity index (χ2n) is 5.13. The van der Waals surface area contributed by atoms with E-state index in [0.29, 0.717) is 5.92 Å². The molecule has 0 saturated carbocycles. The van der Waals surface area contributed by atoms with E-state index in [-0.39, 0.29) is 6.04 Å². The van der Waals surface area contributed by atoms with Gasteiger partial charge in [0.1, 0.15) is 0 Å². The van der Waals surface area contributed by atoms with Crippen molar-refractivity contribution in [2.24, 2.45) is 5.73 Å². The van der Waals surface area contributed by atoms with Crippen molar-refractivity contribution in [1.82, 2.24) is 0 Å². The van der Waals surface area contributed by atoms with Crippen LogP contribution in [0.25, 0.3) is 0 Å². The zero-order chi connectivity index (χ0) is 14.7. The van der Waals surface area contributed by atoms with Gasteiger partial charge in [0.15, 0.2) is 0 Å². The first-order valence-corrected chi connectivity index (χ1v) is 8.29. The summed E-state index contributed by atoms with van der Waals surface area (Å²) < 4.78 is 1.05. The van der Waals surface area contributed by atoms with Gasteiger partial charge in [-0.2, -0.15) is 0 Å². The molecule has 0 radical (unpaired) electrons. The highest BCUT2D eigenvalue weighted by molar-refractivity contribution is 14.1. The molecule has 2 unspecified atom stereocenters. The topological polar surface area (TPSA) is 26.0 Å². The first-order chi connectivity index (χ1) is 9.52. The van der Waals surface area contributed by atoms with Crippen LogP contribution in [0.4, 0.5) is 0 Å². The molecule has 0 fully saturated rings. The fourth-order valence-electron chi connectivity index (χ4n) is 2.17. The van der Waals surface area contributed by atoms with E-state index >= 15 is 0 Å². The molecule has 2 aromatic carbocycles. The summed E-state index contributed by atoms with van der Waals surface area (Å²) in [4.78, 5) is 0. The molecule has 0 bridgehead atoms. The number of halogens is 2. The van der Waals surface area contributed by atoms with Crippen LogP contribution in [0.5, 0.6) is 0 Å². The molecule has 20 heavy (non-hydrogen) atoms. The molecular formula is C17H19ClIN. The van der Waals surface area contributed by atoms with E-state index < -0.39 is 0 Å². The van der Waals surface area contributed by atoms with Crippen molar-refractivity contribution in [2.75, 3.05) is 0 Å². The Bertz CT molecular complexity index is 580. The highest BCUT2D eigenvalue weighted by Gasteiger charge is 2.11. The summed E-state index contributed by atoms with van der Waals surface area (Å²) in [5, 5.41) is 0.759. The molecule has 3 heteroatoms. The molecule has 0 heterocycles. The molecule has 0 saturated heterocycles. The first-order valence-electron chi connectivity index (χ1n) is 6.83. The largest absolute Gasteiger partial charge is 0.320 e. The van der Waals surface area contributed by atoms with Crippen LogP contribution >= 0.6 is 34.2 Å². The SMILES string of the molecule is CCC(C)c1ccc(C(N)c2ccc(I)c(Cl)c2)cc1. The third-order valence-corrected chi connectivity index (χ3v) is 5.35. The highest BCUT2D eigenvalue weighted by Crippen LogP contribution is 2.27. The van der Waals surface area contributed by atoms with Gasteiger partial charge in [0.25, 0.3) is 0 Å². The van der Waals surface area contributed by atoms with Crippen molar-refractivity contribution in [3.8, 4) is 0 Å². The first kappa shape index (κ1) is 15.8. The number of benzene rings is 2. The normalized spacial score (nSPS) is 14.1. The number of hydrogen-bond acceptors (Lipinski definition) is 1. The van der Waals surface area contributed by atoms with Gasteiger partial charge in [-0.15, -0.1) is 0 Å². The van der Waals surface area contributed by atoms with Crippen molar-refractivity contribution in [3.05, 3.63) is 67.7 Å². The Morgan fingerprint density at radius 1 is 1.05 bits per heavy atom. The molecule has 2 aromatic rings. The van der Waals surface area contributed by atoms with Gasteiger partial charge in [0.2, 0.25) is 0 Å². The van der Waals surface area contributed by atoms with Crippen LogP contribution in [0.3, 0.4) is 0 Å². The third kappa shape index (κ3) is 3.54. The van der Waals surface area contributed by atoms with Crippen LogP contribution in [0, 0.1) is 3.57 Å². The average Bonchev–Trinajstić information content (AvgIpc) is 2.48. The number of rotatable bonds is 4. The van der Waals surface area contributed by atoms with Crippen LogP contribution in [0.15, 0.2) is 42.5 Å². The molecule has 0 spiro atoms. The van der Waals surface area contributed by atoms with Gasteiger partial charge in [0.05, 0.1) is 11.1 Å². The predicted molar refractivity (Wildman–Crippen MR) is 95.3 cm³/mol. The maximum absolute atomic E-state index is 6.33. The van der Waals surface area contributed by atoms with E-state index in [4.69, 9.17) is 17.3 Å². The zero-order valence-corrected chi connectivity index (χ0v) is 14.6. The monoisotopic (exact) mass is 399 g/mol. The lowest BCUT2D eigenvalue weighted by Gasteiger charge is -2.15. The zero-order valence-electron chi connectivity index (χ0n) is 11.7. The van der Waals surface area contributed by atoms with Gasteiger partial charge in [-0.1, -0.05) is 55.8 Å². The van der Waals surface area contributed by atoms with E-state index in [1.165, 1.54) is 5.56 Å². The van der Waals surface area contributed by atoms with Crippen molar-refractivity contribution in [2.45, 2.75) is 32.2 Å². The van der Waals surface area contributed by atoms with Crippen molar-refractivity contribution in [1.29, 1.82) is 0 Å². The average molecular weight is 400 g/mol. The van der Waals surface area contributed by atoms with Crippen molar-refractivity contribution in [3.63, 3.8) is 0 Å². The van der Waals surface area contributed by atoms with E-state index in [1.807, 2.05) is 18.2 Å². The fraction of sp³-hybridized carbons (Fsp3) is 0.294. The van der Waals surface area contributed by atoms with Gasteiger partial charge < -0.3 is 5.73 Å². The van der Waals surface area contributed by atoms with E-state index in [2.05, 4.69) is 60.7 Å². The van der Waals surface area contributed by atoms with Crippen LogP contribution in [0.1, 0.15) is 48.9 Å². The lowest BCUT2D eigenvalue weighted by atomic mass is 9.94.